The molecule has 0 unspecified atom stereocenters. The van der Waals surface area contributed by atoms with E-state index in [1.54, 1.807) is 12.1 Å². The lowest BCUT2D eigenvalue weighted by Crippen LogP contribution is -2.09. The molecule has 2 aromatic carbocycles. The maximum absolute atomic E-state index is 12.4. The first-order valence-corrected chi connectivity index (χ1v) is 9.50. The number of hydrogen-bond donors (Lipinski definition) is 1. The molecule has 0 amide bonds. The first-order chi connectivity index (χ1) is 14.4. The Bertz CT molecular complexity index is 1310. The summed E-state index contributed by atoms with van der Waals surface area (Å²) in [4.78, 5) is 40.1. The Kier molecular flexibility index (Phi) is 4.98. The Balaban J connectivity index is 1.62. The van der Waals surface area contributed by atoms with Gasteiger partial charge in [-0.25, -0.2) is 9.67 Å². The number of H-pyrrole nitrogens is 1. The zero-order valence-corrected chi connectivity index (χ0v) is 15.9. The van der Waals surface area contributed by atoms with Crippen molar-refractivity contribution < 1.29 is 9.85 Å². The molecule has 0 spiro atoms. The molecule has 4 rings (SSSR count). The topological polar surface area (TPSA) is 150 Å². The fraction of sp³-hybridized carbons (Fsp3) is 0.0556. The minimum absolute atomic E-state index is 0.00343. The second-order valence-electron chi connectivity index (χ2n) is 6.15. The summed E-state index contributed by atoms with van der Waals surface area (Å²) in [5, 5.41) is 26.4. The van der Waals surface area contributed by atoms with Gasteiger partial charge in [-0.1, -0.05) is 23.9 Å². The summed E-state index contributed by atoms with van der Waals surface area (Å²) in [6, 6.07) is 11.9. The number of aromatic nitrogens is 4. The summed E-state index contributed by atoms with van der Waals surface area (Å²) >= 11 is 1.26. The van der Waals surface area contributed by atoms with Crippen LogP contribution < -0.4 is 5.56 Å². The number of nitrogens with one attached hydrogen (secondary N) is 1. The quantitative estimate of drug-likeness (QED) is 0.214. The molecule has 150 valence electrons. The van der Waals surface area contributed by atoms with Gasteiger partial charge in [-0.2, -0.15) is 5.10 Å². The smallest absolute Gasteiger partial charge is 0.269 e. The summed E-state index contributed by atoms with van der Waals surface area (Å²) < 4.78 is 1.43. The second-order valence-corrected chi connectivity index (χ2v) is 7.11. The number of thioether (sulfide) groups is 1. The van der Waals surface area contributed by atoms with Crippen LogP contribution in [-0.4, -0.2) is 29.6 Å². The van der Waals surface area contributed by atoms with Gasteiger partial charge in [-0.05, 0) is 17.7 Å². The van der Waals surface area contributed by atoms with Crippen molar-refractivity contribution in [1.82, 2.24) is 19.7 Å². The van der Waals surface area contributed by atoms with Crippen molar-refractivity contribution in [2.75, 3.05) is 0 Å². The van der Waals surface area contributed by atoms with Crippen LogP contribution in [0.4, 0.5) is 11.4 Å². The lowest BCUT2D eigenvalue weighted by Gasteiger charge is -2.05. The van der Waals surface area contributed by atoms with Crippen molar-refractivity contribution in [3.8, 4) is 5.69 Å². The number of benzene rings is 2. The first-order valence-electron chi connectivity index (χ1n) is 8.51. The van der Waals surface area contributed by atoms with E-state index in [-0.39, 0.29) is 22.3 Å². The third-order valence-corrected chi connectivity index (χ3v) is 5.19. The second kappa shape index (κ2) is 7.75. The van der Waals surface area contributed by atoms with Gasteiger partial charge in [0.05, 0.1) is 21.7 Å². The molecule has 2 heterocycles. The molecule has 0 saturated heterocycles. The van der Waals surface area contributed by atoms with Gasteiger partial charge >= 0.3 is 0 Å². The molecule has 0 aliphatic heterocycles. The molecule has 0 aliphatic rings. The number of nitro groups is 2. The fourth-order valence-corrected chi connectivity index (χ4v) is 3.55. The van der Waals surface area contributed by atoms with Gasteiger partial charge in [0.2, 0.25) is 0 Å². The Labute approximate surface area is 171 Å². The van der Waals surface area contributed by atoms with E-state index in [9.17, 15) is 25.0 Å². The molecule has 1 N–H and O–H groups in total. The van der Waals surface area contributed by atoms with E-state index in [0.717, 1.165) is 5.56 Å². The zero-order valence-electron chi connectivity index (χ0n) is 15.1. The van der Waals surface area contributed by atoms with Gasteiger partial charge in [0.15, 0.2) is 10.8 Å². The number of aromatic amines is 1. The van der Waals surface area contributed by atoms with Crippen molar-refractivity contribution in [1.29, 1.82) is 0 Å². The minimum Gasteiger partial charge on any atom is -0.301 e. The molecule has 0 radical (unpaired) electrons. The van der Waals surface area contributed by atoms with Gasteiger partial charge in [-0.3, -0.25) is 25.0 Å². The normalized spacial score (nSPS) is 10.9. The molecule has 11 nitrogen and oxygen atoms in total. The summed E-state index contributed by atoms with van der Waals surface area (Å²) in [6.07, 6.45) is 1.38. The van der Waals surface area contributed by atoms with Crippen molar-refractivity contribution in [3.05, 3.63) is 90.9 Å². The molecule has 0 fully saturated rings. The highest BCUT2D eigenvalue weighted by atomic mass is 32.2. The molecule has 0 atom stereocenters. The van der Waals surface area contributed by atoms with Gasteiger partial charge < -0.3 is 4.98 Å². The van der Waals surface area contributed by atoms with E-state index in [1.165, 1.54) is 59.0 Å². The van der Waals surface area contributed by atoms with Crippen LogP contribution in [0.3, 0.4) is 0 Å². The minimum atomic E-state index is -0.499. The van der Waals surface area contributed by atoms with Crippen LogP contribution >= 0.6 is 11.8 Å². The van der Waals surface area contributed by atoms with Gasteiger partial charge in [0.25, 0.3) is 16.9 Å². The summed E-state index contributed by atoms with van der Waals surface area (Å²) in [5.41, 5.74) is 1.26. The predicted octanol–water partition coefficient (Wildman–Crippen LogP) is 3.22. The van der Waals surface area contributed by atoms with E-state index in [1.807, 2.05) is 0 Å². The fourth-order valence-electron chi connectivity index (χ4n) is 2.74. The average Bonchev–Trinajstić information content (AvgIpc) is 3.17. The van der Waals surface area contributed by atoms with Crippen LogP contribution in [0.2, 0.25) is 0 Å². The van der Waals surface area contributed by atoms with Crippen molar-refractivity contribution in [2.24, 2.45) is 0 Å². The lowest BCUT2D eigenvalue weighted by molar-refractivity contribution is -0.385. The molecular formula is C18H12N6O5S. The van der Waals surface area contributed by atoms with Crippen molar-refractivity contribution in [3.63, 3.8) is 0 Å². The lowest BCUT2D eigenvalue weighted by atomic mass is 10.2. The van der Waals surface area contributed by atoms with Gasteiger partial charge in [-0.15, -0.1) is 0 Å². The van der Waals surface area contributed by atoms with Crippen LogP contribution in [0.15, 0.2) is 64.7 Å². The SMILES string of the molecule is O=c1[nH]c(SCc2ccc([N+](=O)[O-])cc2)nc2c1cnn2-c1ccc([N+](=O)[O-])cc1. The van der Waals surface area contributed by atoms with E-state index in [0.29, 0.717) is 22.2 Å². The Morgan fingerprint density at radius 2 is 1.57 bits per heavy atom. The van der Waals surface area contributed by atoms with Crippen LogP contribution in [0.5, 0.6) is 0 Å². The van der Waals surface area contributed by atoms with Crippen LogP contribution in [0.1, 0.15) is 5.56 Å². The largest absolute Gasteiger partial charge is 0.301 e. The van der Waals surface area contributed by atoms with Gasteiger partial charge in [0.1, 0.15) is 5.39 Å². The van der Waals surface area contributed by atoms with E-state index in [2.05, 4.69) is 15.1 Å². The first kappa shape index (κ1) is 19.3. The average molecular weight is 424 g/mol. The van der Waals surface area contributed by atoms with E-state index >= 15 is 0 Å². The monoisotopic (exact) mass is 424 g/mol. The molecule has 2 aromatic heterocycles. The Morgan fingerprint density at radius 3 is 2.17 bits per heavy atom. The molecule has 0 bridgehead atoms. The number of hydrogen-bond acceptors (Lipinski definition) is 8. The molecule has 0 saturated carbocycles. The Hall–Kier alpha value is -4.06. The number of rotatable bonds is 6. The van der Waals surface area contributed by atoms with E-state index in [4.69, 9.17) is 0 Å². The Morgan fingerprint density at radius 1 is 0.967 bits per heavy atom. The molecule has 30 heavy (non-hydrogen) atoms. The summed E-state index contributed by atoms with van der Waals surface area (Å²) in [5.74, 6) is 0.443. The van der Waals surface area contributed by atoms with Crippen LogP contribution in [0.25, 0.3) is 16.7 Å². The van der Waals surface area contributed by atoms with Crippen molar-refractivity contribution >= 4 is 34.2 Å². The number of nitrogens with zero attached hydrogens (tertiary/aromatic N) is 5. The third-order valence-electron chi connectivity index (χ3n) is 4.24. The number of fused-ring (bicyclic) bond motifs is 1. The molecular weight excluding hydrogens is 412 g/mol. The van der Waals surface area contributed by atoms with E-state index < -0.39 is 9.85 Å². The predicted molar refractivity (Wildman–Crippen MR) is 109 cm³/mol. The highest BCUT2D eigenvalue weighted by Gasteiger charge is 2.13. The highest BCUT2D eigenvalue weighted by molar-refractivity contribution is 7.98. The number of nitro benzene ring substituents is 2. The standard InChI is InChI=1S/C18H12N6O5S/c25-17-15-9-19-22(12-5-7-14(8-6-12)24(28)29)16(15)20-18(21-17)30-10-11-1-3-13(4-2-11)23(26)27/h1-9H,10H2,(H,20,21,25). The molecule has 0 aliphatic carbocycles. The van der Waals surface area contributed by atoms with Crippen LogP contribution in [0, 0.1) is 20.2 Å². The summed E-state index contributed by atoms with van der Waals surface area (Å²) in [7, 11) is 0. The van der Waals surface area contributed by atoms with Gasteiger partial charge in [0, 0.05) is 30.0 Å². The highest BCUT2D eigenvalue weighted by Crippen LogP contribution is 2.23. The zero-order chi connectivity index (χ0) is 21.3. The maximum atomic E-state index is 12.4. The van der Waals surface area contributed by atoms with Crippen LogP contribution in [-0.2, 0) is 5.75 Å². The maximum Gasteiger partial charge on any atom is 0.269 e. The molecule has 4 aromatic rings. The summed E-state index contributed by atoms with van der Waals surface area (Å²) in [6.45, 7) is 0. The molecule has 12 heteroatoms. The van der Waals surface area contributed by atoms with Crippen molar-refractivity contribution in [2.45, 2.75) is 10.9 Å². The number of non-ortho nitro benzene ring substituents is 2. The third kappa shape index (κ3) is 3.75.